The standard InChI is InChI=1S/C19H24N6OS2/c1-12(2)13-6-8-14(9-7-13)25-11-20-24-18(25)27-10-15(26)21-17-23-22-16(28-17)19(3,4)5/h6-9,11-12H,10H2,1-5H3,(H,21,23,26). The molecule has 7 nitrogen and oxygen atoms in total. The Balaban J connectivity index is 1.62. The van der Waals surface area contributed by atoms with Gasteiger partial charge in [0.25, 0.3) is 0 Å². The van der Waals surface area contributed by atoms with Crippen molar-refractivity contribution in [2.24, 2.45) is 0 Å². The zero-order chi connectivity index (χ0) is 20.3. The number of hydrogen-bond acceptors (Lipinski definition) is 7. The van der Waals surface area contributed by atoms with E-state index in [1.807, 2.05) is 16.7 Å². The highest BCUT2D eigenvalue weighted by molar-refractivity contribution is 7.99. The summed E-state index contributed by atoms with van der Waals surface area (Å²) in [5.74, 6) is 0.547. The molecule has 0 aliphatic rings. The highest BCUT2D eigenvalue weighted by atomic mass is 32.2. The molecule has 1 aromatic carbocycles. The molecule has 3 aromatic rings. The normalized spacial score (nSPS) is 11.8. The maximum atomic E-state index is 12.3. The molecule has 0 atom stereocenters. The second-order valence-corrected chi connectivity index (χ2v) is 9.65. The molecule has 0 spiro atoms. The van der Waals surface area contributed by atoms with Crippen LogP contribution in [-0.4, -0.2) is 36.6 Å². The molecule has 0 saturated heterocycles. The topological polar surface area (TPSA) is 85.6 Å². The number of aromatic nitrogens is 5. The molecule has 9 heteroatoms. The van der Waals surface area contributed by atoms with E-state index in [0.29, 0.717) is 16.2 Å². The summed E-state index contributed by atoms with van der Waals surface area (Å²) in [6, 6.07) is 8.28. The number of carbonyl (C=O) groups excluding carboxylic acids is 1. The van der Waals surface area contributed by atoms with E-state index < -0.39 is 0 Å². The molecule has 0 unspecified atom stereocenters. The molecule has 0 aliphatic carbocycles. The maximum absolute atomic E-state index is 12.3. The second kappa shape index (κ2) is 8.40. The molecule has 1 N–H and O–H groups in total. The van der Waals surface area contributed by atoms with Gasteiger partial charge in [0.15, 0.2) is 5.16 Å². The summed E-state index contributed by atoms with van der Waals surface area (Å²) in [6.45, 7) is 10.5. The first-order valence-corrected chi connectivity index (χ1v) is 10.8. The van der Waals surface area contributed by atoms with E-state index in [1.54, 1.807) is 6.33 Å². The molecule has 0 aliphatic heterocycles. The number of thioether (sulfide) groups is 1. The lowest BCUT2D eigenvalue weighted by Crippen LogP contribution is -2.14. The van der Waals surface area contributed by atoms with Crippen LogP contribution in [0.5, 0.6) is 0 Å². The Morgan fingerprint density at radius 2 is 1.89 bits per heavy atom. The van der Waals surface area contributed by atoms with Gasteiger partial charge in [0, 0.05) is 11.1 Å². The Hall–Kier alpha value is -2.26. The summed E-state index contributed by atoms with van der Waals surface area (Å²) < 4.78 is 1.88. The maximum Gasteiger partial charge on any atom is 0.236 e. The van der Waals surface area contributed by atoms with Crippen molar-refractivity contribution in [2.45, 2.75) is 51.1 Å². The quantitative estimate of drug-likeness (QED) is 0.604. The average molecular weight is 417 g/mol. The summed E-state index contributed by atoms with van der Waals surface area (Å²) in [5.41, 5.74) is 2.16. The number of amides is 1. The van der Waals surface area contributed by atoms with Gasteiger partial charge in [-0.05, 0) is 23.6 Å². The van der Waals surface area contributed by atoms with E-state index in [0.717, 1.165) is 10.7 Å². The fourth-order valence-electron chi connectivity index (χ4n) is 2.38. The third kappa shape index (κ3) is 4.96. The number of rotatable bonds is 6. The molecule has 0 bridgehead atoms. The Morgan fingerprint density at radius 3 is 2.50 bits per heavy atom. The lowest BCUT2D eigenvalue weighted by atomic mass is 9.98. The third-order valence-corrected chi connectivity index (χ3v) is 6.21. The smallest absolute Gasteiger partial charge is 0.236 e. The fourth-order valence-corrected chi connectivity index (χ4v) is 3.93. The van der Waals surface area contributed by atoms with Crippen LogP contribution >= 0.6 is 23.1 Å². The number of nitrogens with one attached hydrogen (secondary N) is 1. The van der Waals surface area contributed by atoms with Gasteiger partial charge in [-0.3, -0.25) is 14.7 Å². The van der Waals surface area contributed by atoms with E-state index >= 15 is 0 Å². The van der Waals surface area contributed by atoms with Gasteiger partial charge in [-0.15, -0.1) is 20.4 Å². The van der Waals surface area contributed by atoms with Crippen molar-refractivity contribution in [1.29, 1.82) is 0 Å². The highest BCUT2D eigenvalue weighted by Crippen LogP contribution is 2.28. The van der Waals surface area contributed by atoms with Crippen molar-refractivity contribution >= 4 is 34.1 Å². The Bertz CT molecular complexity index is 940. The molecule has 0 saturated carbocycles. The van der Waals surface area contributed by atoms with Gasteiger partial charge in [-0.25, -0.2) is 0 Å². The summed E-state index contributed by atoms with van der Waals surface area (Å²) in [5, 5.41) is 21.2. The number of anilines is 1. The molecule has 3 rings (SSSR count). The largest absolute Gasteiger partial charge is 0.300 e. The Kier molecular flexibility index (Phi) is 6.14. The minimum Gasteiger partial charge on any atom is -0.300 e. The lowest BCUT2D eigenvalue weighted by Gasteiger charge is -2.12. The predicted molar refractivity (Wildman–Crippen MR) is 113 cm³/mol. The van der Waals surface area contributed by atoms with Crippen LogP contribution in [0.3, 0.4) is 0 Å². The van der Waals surface area contributed by atoms with Gasteiger partial charge < -0.3 is 0 Å². The molecule has 0 fully saturated rings. The van der Waals surface area contributed by atoms with Crippen molar-refractivity contribution in [1.82, 2.24) is 25.0 Å². The molecule has 28 heavy (non-hydrogen) atoms. The highest BCUT2D eigenvalue weighted by Gasteiger charge is 2.20. The Labute approximate surface area is 173 Å². The minimum atomic E-state index is -0.147. The van der Waals surface area contributed by atoms with Crippen molar-refractivity contribution < 1.29 is 4.79 Å². The zero-order valence-corrected chi connectivity index (χ0v) is 18.3. The average Bonchev–Trinajstić information content (AvgIpc) is 3.29. The summed E-state index contributed by atoms with van der Waals surface area (Å²) >= 11 is 2.73. The van der Waals surface area contributed by atoms with Crippen LogP contribution in [0.2, 0.25) is 0 Å². The van der Waals surface area contributed by atoms with Crippen LogP contribution in [0.25, 0.3) is 5.69 Å². The molecule has 2 aromatic heterocycles. The monoisotopic (exact) mass is 416 g/mol. The third-order valence-electron chi connectivity index (χ3n) is 4.00. The second-order valence-electron chi connectivity index (χ2n) is 7.73. The van der Waals surface area contributed by atoms with Crippen LogP contribution < -0.4 is 5.32 Å². The minimum absolute atomic E-state index is 0.0864. The van der Waals surface area contributed by atoms with E-state index in [-0.39, 0.29) is 17.1 Å². The van der Waals surface area contributed by atoms with E-state index in [1.165, 1.54) is 28.7 Å². The van der Waals surface area contributed by atoms with Gasteiger partial charge in [-0.1, -0.05) is 69.9 Å². The summed E-state index contributed by atoms with van der Waals surface area (Å²) in [7, 11) is 0. The molecule has 2 heterocycles. The van der Waals surface area contributed by atoms with Gasteiger partial charge in [-0.2, -0.15) is 0 Å². The lowest BCUT2D eigenvalue weighted by molar-refractivity contribution is -0.113. The number of hydrogen-bond donors (Lipinski definition) is 1. The summed E-state index contributed by atoms with van der Waals surface area (Å²) in [4.78, 5) is 12.3. The van der Waals surface area contributed by atoms with E-state index in [2.05, 4.69) is 72.5 Å². The molecule has 1 amide bonds. The van der Waals surface area contributed by atoms with Crippen molar-refractivity contribution in [3.05, 3.63) is 41.2 Å². The SMILES string of the molecule is CC(C)c1ccc(-n2cnnc2SCC(=O)Nc2nnc(C(C)(C)C)s2)cc1. The predicted octanol–water partition coefficient (Wildman–Crippen LogP) is 4.27. The zero-order valence-electron chi connectivity index (χ0n) is 16.6. The molecular formula is C19H24N6OS2. The fraction of sp³-hybridized carbons (Fsp3) is 0.421. The number of nitrogens with zero attached hydrogens (tertiary/aromatic N) is 5. The van der Waals surface area contributed by atoms with Gasteiger partial charge in [0.05, 0.1) is 5.75 Å². The van der Waals surface area contributed by atoms with Crippen LogP contribution in [0.15, 0.2) is 35.7 Å². The van der Waals surface area contributed by atoms with E-state index in [9.17, 15) is 4.79 Å². The van der Waals surface area contributed by atoms with Crippen LogP contribution in [0, 0.1) is 0 Å². The van der Waals surface area contributed by atoms with Crippen LogP contribution in [-0.2, 0) is 10.2 Å². The molecular weight excluding hydrogens is 392 g/mol. The number of benzene rings is 1. The van der Waals surface area contributed by atoms with Crippen molar-refractivity contribution in [2.75, 3.05) is 11.1 Å². The molecule has 0 radical (unpaired) electrons. The van der Waals surface area contributed by atoms with Crippen LogP contribution in [0.1, 0.15) is 51.1 Å². The summed E-state index contributed by atoms with van der Waals surface area (Å²) in [6.07, 6.45) is 1.66. The molecule has 148 valence electrons. The van der Waals surface area contributed by atoms with Crippen molar-refractivity contribution in [3.8, 4) is 5.69 Å². The van der Waals surface area contributed by atoms with Gasteiger partial charge in [0.2, 0.25) is 11.0 Å². The Morgan fingerprint density at radius 1 is 1.18 bits per heavy atom. The first-order chi connectivity index (χ1) is 13.2. The first-order valence-electron chi connectivity index (χ1n) is 9.01. The number of carbonyl (C=O) groups is 1. The van der Waals surface area contributed by atoms with Gasteiger partial charge >= 0.3 is 0 Å². The van der Waals surface area contributed by atoms with Crippen molar-refractivity contribution in [3.63, 3.8) is 0 Å². The van der Waals surface area contributed by atoms with Gasteiger partial charge in [0.1, 0.15) is 11.3 Å². The first kappa shape index (κ1) is 20.5. The van der Waals surface area contributed by atoms with Crippen LogP contribution in [0.4, 0.5) is 5.13 Å². The van der Waals surface area contributed by atoms with E-state index in [4.69, 9.17) is 0 Å².